The van der Waals surface area contributed by atoms with Crippen LogP contribution in [0.2, 0.25) is 0 Å². The fraction of sp³-hybridized carbons (Fsp3) is 0.538. The summed E-state index contributed by atoms with van der Waals surface area (Å²) in [6.45, 7) is 0. The Morgan fingerprint density at radius 2 is 1.50 bits per heavy atom. The molecule has 1 saturated heterocycles. The SMILES string of the molecule is c1ccc(CP2CCPCCPCC2)cc1. The van der Waals surface area contributed by atoms with Gasteiger partial charge >= 0.3 is 0 Å². The van der Waals surface area contributed by atoms with E-state index in [2.05, 4.69) is 30.3 Å². The van der Waals surface area contributed by atoms with Crippen LogP contribution < -0.4 is 0 Å². The van der Waals surface area contributed by atoms with Crippen molar-refractivity contribution < 1.29 is 0 Å². The molecule has 0 aliphatic carbocycles. The van der Waals surface area contributed by atoms with Crippen molar-refractivity contribution >= 4 is 25.1 Å². The molecule has 1 aliphatic heterocycles. The molecule has 0 amide bonds. The second-order valence-electron chi connectivity index (χ2n) is 4.26. The Morgan fingerprint density at radius 3 is 2.12 bits per heavy atom. The minimum atomic E-state index is 0.305. The summed E-state index contributed by atoms with van der Waals surface area (Å²) in [4.78, 5) is 0. The predicted octanol–water partition coefficient (Wildman–Crippen LogP) is 4.04. The van der Waals surface area contributed by atoms with Gasteiger partial charge in [0.1, 0.15) is 0 Å². The minimum Gasteiger partial charge on any atom is -0.121 e. The Balaban J connectivity index is 1.86. The largest absolute Gasteiger partial charge is 0.121 e. The van der Waals surface area contributed by atoms with E-state index in [1.807, 2.05) is 0 Å². The lowest BCUT2D eigenvalue weighted by Gasteiger charge is -2.16. The molecule has 0 saturated carbocycles. The number of hydrogen-bond donors (Lipinski definition) is 0. The molecule has 16 heavy (non-hydrogen) atoms. The Morgan fingerprint density at radius 1 is 0.875 bits per heavy atom. The Kier molecular flexibility index (Phi) is 6.28. The molecule has 1 heterocycles. The van der Waals surface area contributed by atoms with Crippen molar-refractivity contribution in [3.63, 3.8) is 0 Å². The quantitative estimate of drug-likeness (QED) is 0.711. The van der Waals surface area contributed by atoms with Crippen LogP contribution in [0.5, 0.6) is 0 Å². The molecule has 1 fully saturated rings. The maximum Gasteiger partial charge on any atom is -0.00729 e. The molecule has 1 aliphatic rings. The smallest absolute Gasteiger partial charge is 0.00729 e. The van der Waals surface area contributed by atoms with Crippen molar-refractivity contribution in [2.45, 2.75) is 6.16 Å². The summed E-state index contributed by atoms with van der Waals surface area (Å²) in [5.41, 5.74) is 1.57. The highest BCUT2D eigenvalue weighted by atomic mass is 31.1. The lowest BCUT2D eigenvalue weighted by Crippen LogP contribution is -1.96. The van der Waals surface area contributed by atoms with Crippen LogP contribution in [-0.4, -0.2) is 37.0 Å². The van der Waals surface area contributed by atoms with Crippen molar-refractivity contribution in [3.05, 3.63) is 35.9 Å². The normalized spacial score (nSPS) is 26.1. The van der Waals surface area contributed by atoms with Gasteiger partial charge in [-0.25, -0.2) is 0 Å². The fourth-order valence-corrected chi connectivity index (χ4v) is 8.99. The highest BCUT2D eigenvalue weighted by Crippen LogP contribution is 2.43. The van der Waals surface area contributed by atoms with E-state index in [0.29, 0.717) is 7.92 Å². The van der Waals surface area contributed by atoms with E-state index in [4.69, 9.17) is 0 Å². The summed E-state index contributed by atoms with van der Waals surface area (Å²) in [7, 11) is 2.82. The first-order chi connectivity index (χ1) is 7.95. The van der Waals surface area contributed by atoms with E-state index in [9.17, 15) is 0 Å². The summed E-state index contributed by atoms with van der Waals surface area (Å²) in [6, 6.07) is 11.1. The number of rotatable bonds is 2. The molecular formula is C13H21P3. The van der Waals surface area contributed by atoms with Crippen molar-refractivity contribution in [1.29, 1.82) is 0 Å². The van der Waals surface area contributed by atoms with Gasteiger partial charge in [0, 0.05) is 0 Å². The zero-order chi connectivity index (χ0) is 11.1. The molecule has 2 rings (SSSR count). The first-order valence-corrected chi connectivity index (χ1v) is 10.9. The van der Waals surface area contributed by atoms with Crippen LogP contribution in [0.1, 0.15) is 5.56 Å². The Bertz CT molecular complexity index is 276. The van der Waals surface area contributed by atoms with Gasteiger partial charge in [-0.1, -0.05) is 30.3 Å². The molecule has 0 aromatic heterocycles. The number of hydrogen-bond acceptors (Lipinski definition) is 0. The van der Waals surface area contributed by atoms with Crippen LogP contribution in [0.4, 0.5) is 0 Å². The highest BCUT2D eigenvalue weighted by molar-refractivity contribution is 7.58. The van der Waals surface area contributed by atoms with Gasteiger partial charge in [-0.05, 0) is 48.7 Å². The average Bonchev–Trinajstić information content (AvgIpc) is 2.45. The molecule has 0 spiro atoms. The first kappa shape index (κ1) is 13.0. The summed E-state index contributed by atoms with van der Waals surface area (Å²) in [5.74, 6) is 0. The van der Waals surface area contributed by atoms with Crippen LogP contribution >= 0.6 is 25.1 Å². The van der Waals surface area contributed by atoms with E-state index in [0.717, 1.165) is 0 Å². The summed E-state index contributed by atoms with van der Waals surface area (Å²) >= 11 is 0. The first-order valence-electron chi connectivity index (χ1n) is 6.13. The van der Waals surface area contributed by atoms with Crippen LogP contribution in [0, 0.1) is 0 Å². The average molecular weight is 270 g/mol. The molecule has 0 radical (unpaired) electrons. The predicted molar refractivity (Wildman–Crippen MR) is 82.9 cm³/mol. The molecule has 0 nitrogen and oxygen atoms in total. The number of benzene rings is 1. The zero-order valence-corrected chi connectivity index (χ0v) is 12.7. The van der Waals surface area contributed by atoms with E-state index in [-0.39, 0.29) is 0 Å². The van der Waals surface area contributed by atoms with Crippen molar-refractivity contribution in [3.8, 4) is 0 Å². The maximum absolute atomic E-state index is 2.31. The van der Waals surface area contributed by atoms with Crippen LogP contribution in [0.3, 0.4) is 0 Å². The van der Waals surface area contributed by atoms with Crippen LogP contribution in [0.15, 0.2) is 30.3 Å². The highest BCUT2D eigenvalue weighted by Gasteiger charge is 2.10. The lowest BCUT2D eigenvalue weighted by atomic mass is 10.2. The molecule has 0 N–H and O–H groups in total. The molecule has 2 atom stereocenters. The molecule has 1 aromatic carbocycles. The molecule has 3 heteroatoms. The summed E-state index contributed by atoms with van der Waals surface area (Å²) < 4.78 is 0. The van der Waals surface area contributed by atoms with Gasteiger partial charge in [-0.15, -0.1) is 25.1 Å². The molecule has 1 aromatic rings. The monoisotopic (exact) mass is 270 g/mol. The third-order valence-corrected chi connectivity index (χ3v) is 9.22. The van der Waals surface area contributed by atoms with Gasteiger partial charge < -0.3 is 0 Å². The standard InChI is InChI=1S/C13H21P3/c1-2-4-13(5-3-1)12-16-10-8-14-6-7-15-9-11-16/h1-5,14-15H,6-12H2. The van der Waals surface area contributed by atoms with Gasteiger partial charge in [0.25, 0.3) is 0 Å². The van der Waals surface area contributed by atoms with E-state index in [1.54, 1.807) is 5.56 Å². The molecule has 88 valence electrons. The lowest BCUT2D eigenvalue weighted by molar-refractivity contribution is 1.32. The van der Waals surface area contributed by atoms with Gasteiger partial charge in [-0.2, -0.15) is 0 Å². The van der Waals surface area contributed by atoms with Gasteiger partial charge in [0.15, 0.2) is 0 Å². The zero-order valence-electron chi connectivity index (χ0n) is 9.78. The third-order valence-electron chi connectivity index (χ3n) is 2.94. The molecule has 0 bridgehead atoms. The van der Waals surface area contributed by atoms with Gasteiger partial charge in [-0.3, -0.25) is 0 Å². The van der Waals surface area contributed by atoms with Crippen molar-refractivity contribution in [1.82, 2.24) is 0 Å². The summed E-state index contributed by atoms with van der Waals surface area (Å²) in [6.07, 6.45) is 10.5. The van der Waals surface area contributed by atoms with E-state index >= 15 is 0 Å². The maximum atomic E-state index is 2.31. The van der Waals surface area contributed by atoms with E-state index in [1.165, 1.54) is 60.3 Å². The summed E-state index contributed by atoms with van der Waals surface area (Å²) in [5, 5.41) is 0. The van der Waals surface area contributed by atoms with Gasteiger partial charge in [0.05, 0.1) is 0 Å². The molecule has 2 unspecified atom stereocenters. The second kappa shape index (κ2) is 7.76. The third kappa shape index (κ3) is 4.79. The van der Waals surface area contributed by atoms with Gasteiger partial charge in [0.2, 0.25) is 0 Å². The fourth-order valence-electron chi connectivity index (χ4n) is 2.01. The topological polar surface area (TPSA) is 0 Å². The Labute approximate surface area is 104 Å². The minimum absolute atomic E-state index is 0.305. The van der Waals surface area contributed by atoms with Crippen LogP contribution in [0.25, 0.3) is 0 Å². The second-order valence-corrected chi connectivity index (χ2v) is 9.81. The van der Waals surface area contributed by atoms with E-state index < -0.39 is 0 Å². The molecular weight excluding hydrogens is 249 g/mol. The van der Waals surface area contributed by atoms with Crippen LogP contribution in [-0.2, 0) is 6.16 Å². The van der Waals surface area contributed by atoms with Crippen molar-refractivity contribution in [2.24, 2.45) is 0 Å². The van der Waals surface area contributed by atoms with Crippen molar-refractivity contribution in [2.75, 3.05) is 37.0 Å². The Hall–Kier alpha value is 0.510.